The highest BCUT2D eigenvalue weighted by Gasteiger charge is 2.41. The first-order valence-electron chi connectivity index (χ1n) is 8.44. The molecule has 2 nitrogen and oxygen atoms in total. The molecule has 0 fully saturated rings. The maximum atomic E-state index is 6.54. The highest BCUT2D eigenvalue weighted by atomic mass is 35.5. The van der Waals surface area contributed by atoms with Crippen molar-refractivity contribution in [1.29, 1.82) is 0 Å². The van der Waals surface area contributed by atoms with E-state index in [1.165, 1.54) is 0 Å². The Morgan fingerprint density at radius 2 is 1.96 bits per heavy atom. The lowest BCUT2D eigenvalue weighted by molar-refractivity contribution is 0.327. The third kappa shape index (κ3) is 2.81. The summed E-state index contributed by atoms with van der Waals surface area (Å²) in [5.41, 5.74) is 3.03. The molecule has 0 bridgehead atoms. The summed E-state index contributed by atoms with van der Waals surface area (Å²) in [6, 6.07) is 9.99. The van der Waals surface area contributed by atoms with Gasteiger partial charge in [-0.25, -0.2) is 0 Å². The summed E-state index contributed by atoms with van der Waals surface area (Å²) in [6.07, 6.45) is 5.41. The molecule has 4 rings (SSSR count). The molecule has 0 radical (unpaired) electrons. The normalized spacial score (nSPS) is 23.8. The van der Waals surface area contributed by atoms with Crippen molar-refractivity contribution in [2.24, 2.45) is 5.92 Å². The zero-order chi connectivity index (χ0) is 17.6. The highest BCUT2D eigenvalue weighted by Crippen LogP contribution is 2.55. The molecule has 130 valence electrons. The molecule has 25 heavy (non-hydrogen) atoms. The van der Waals surface area contributed by atoms with Gasteiger partial charge in [-0.05, 0) is 31.4 Å². The van der Waals surface area contributed by atoms with Gasteiger partial charge in [0.2, 0.25) is 0 Å². The van der Waals surface area contributed by atoms with Crippen molar-refractivity contribution >= 4 is 40.5 Å². The van der Waals surface area contributed by atoms with Crippen molar-refractivity contribution in [3.8, 4) is 5.75 Å². The largest absolute Gasteiger partial charge is 0.494 e. The lowest BCUT2D eigenvalue weighted by Crippen LogP contribution is -2.30. The SMILES string of the molecule is CCOc1ccccc1C1Nc2c(Cl)cc(Cl)c(Cl)c2C2C=CCC21. The summed E-state index contributed by atoms with van der Waals surface area (Å²) < 4.78 is 5.86. The Morgan fingerprint density at radius 3 is 2.76 bits per heavy atom. The van der Waals surface area contributed by atoms with Gasteiger partial charge in [0.15, 0.2) is 0 Å². The van der Waals surface area contributed by atoms with Gasteiger partial charge in [0.25, 0.3) is 0 Å². The van der Waals surface area contributed by atoms with Gasteiger partial charge in [0, 0.05) is 17.0 Å². The minimum absolute atomic E-state index is 0.102. The van der Waals surface area contributed by atoms with Crippen molar-refractivity contribution in [3.63, 3.8) is 0 Å². The van der Waals surface area contributed by atoms with Crippen molar-refractivity contribution in [1.82, 2.24) is 0 Å². The van der Waals surface area contributed by atoms with Crippen molar-refractivity contribution in [2.75, 3.05) is 11.9 Å². The molecule has 5 heteroatoms. The predicted molar refractivity (Wildman–Crippen MR) is 105 cm³/mol. The van der Waals surface area contributed by atoms with E-state index in [2.05, 4.69) is 23.5 Å². The number of anilines is 1. The quantitative estimate of drug-likeness (QED) is 0.453. The van der Waals surface area contributed by atoms with E-state index in [0.717, 1.165) is 29.0 Å². The van der Waals surface area contributed by atoms with Crippen LogP contribution >= 0.6 is 34.8 Å². The summed E-state index contributed by atoms with van der Waals surface area (Å²) in [5.74, 6) is 1.45. The number of allylic oxidation sites excluding steroid dienone is 2. The summed E-state index contributed by atoms with van der Waals surface area (Å²) in [7, 11) is 0. The second kappa shape index (κ2) is 6.75. The molecule has 3 unspecified atom stereocenters. The van der Waals surface area contributed by atoms with Crippen molar-refractivity contribution in [3.05, 3.63) is 68.7 Å². The third-order valence-corrected chi connectivity index (χ3v) is 6.14. The minimum Gasteiger partial charge on any atom is -0.494 e. The number of para-hydroxylation sites is 1. The van der Waals surface area contributed by atoms with Gasteiger partial charge in [-0.3, -0.25) is 0 Å². The van der Waals surface area contributed by atoms with Crippen LogP contribution in [0.1, 0.15) is 36.4 Å². The van der Waals surface area contributed by atoms with Gasteiger partial charge in [-0.2, -0.15) is 0 Å². The molecule has 3 atom stereocenters. The second-order valence-electron chi connectivity index (χ2n) is 6.39. The van der Waals surface area contributed by atoms with Crippen LogP contribution in [-0.2, 0) is 0 Å². The van der Waals surface area contributed by atoms with Crippen LogP contribution < -0.4 is 10.1 Å². The zero-order valence-corrected chi connectivity index (χ0v) is 16.0. The molecule has 2 aromatic carbocycles. The average Bonchev–Trinajstić information content (AvgIpc) is 3.09. The molecular formula is C20H18Cl3NO. The Morgan fingerprint density at radius 1 is 1.16 bits per heavy atom. The molecule has 2 aliphatic rings. The van der Waals surface area contributed by atoms with Crippen LogP contribution in [0.3, 0.4) is 0 Å². The minimum atomic E-state index is 0.102. The van der Waals surface area contributed by atoms with Gasteiger partial charge < -0.3 is 10.1 Å². The fourth-order valence-corrected chi connectivity index (χ4v) is 4.80. The van der Waals surface area contributed by atoms with Gasteiger partial charge >= 0.3 is 0 Å². The number of ether oxygens (including phenoxy) is 1. The number of fused-ring (bicyclic) bond motifs is 3. The number of hydrogen-bond acceptors (Lipinski definition) is 2. The smallest absolute Gasteiger partial charge is 0.124 e. The van der Waals surface area contributed by atoms with E-state index in [0.29, 0.717) is 27.6 Å². The number of hydrogen-bond donors (Lipinski definition) is 1. The molecule has 2 aromatic rings. The van der Waals surface area contributed by atoms with E-state index < -0.39 is 0 Å². The molecule has 0 aromatic heterocycles. The molecule has 0 spiro atoms. The fourth-order valence-electron chi connectivity index (χ4n) is 3.99. The first-order valence-corrected chi connectivity index (χ1v) is 9.57. The Hall–Kier alpha value is -1.35. The topological polar surface area (TPSA) is 21.3 Å². The van der Waals surface area contributed by atoms with Crippen molar-refractivity contribution in [2.45, 2.75) is 25.3 Å². The molecule has 0 saturated heterocycles. The van der Waals surface area contributed by atoms with Crippen molar-refractivity contribution < 1.29 is 4.74 Å². The third-order valence-electron chi connectivity index (χ3n) is 5.04. The Balaban J connectivity index is 1.85. The summed E-state index contributed by atoms with van der Waals surface area (Å²) in [6.45, 7) is 2.63. The second-order valence-corrected chi connectivity index (χ2v) is 7.58. The molecule has 0 saturated carbocycles. The van der Waals surface area contributed by atoms with Crippen LogP contribution in [0.15, 0.2) is 42.5 Å². The van der Waals surface area contributed by atoms with Crippen LogP contribution in [0.5, 0.6) is 5.75 Å². The molecule has 1 aliphatic heterocycles. The maximum Gasteiger partial charge on any atom is 0.124 e. The van der Waals surface area contributed by atoms with E-state index in [1.54, 1.807) is 6.07 Å². The first-order chi connectivity index (χ1) is 12.1. The van der Waals surface area contributed by atoms with E-state index in [9.17, 15) is 0 Å². The number of benzene rings is 2. The lowest BCUT2D eigenvalue weighted by Gasteiger charge is -2.39. The van der Waals surface area contributed by atoms with Crippen LogP contribution in [0.25, 0.3) is 0 Å². The fraction of sp³-hybridized carbons (Fsp3) is 0.300. The first kappa shape index (κ1) is 17.1. The van der Waals surface area contributed by atoms with Crippen LogP contribution in [-0.4, -0.2) is 6.61 Å². The molecule has 1 aliphatic carbocycles. The van der Waals surface area contributed by atoms with E-state index in [4.69, 9.17) is 39.5 Å². The number of halogens is 3. The summed E-state index contributed by atoms with van der Waals surface area (Å²) >= 11 is 19.3. The number of rotatable bonds is 3. The maximum absolute atomic E-state index is 6.54. The van der Waals surface area contributed by atoms with Crippen LogP contribution in [0, 0.1) is 5.92 Å². The molecule has 1 heterocycles. The van der Waals surface area contributed by atoms with E-state index in [1.807, 2.05) is 25.1 Å². The molecule has 0 amide bonds. The average molecular weight is 395 g/mol. The Kier molecular flexibility index (Phi) is 4.61. The Bertz CT molecular complexity index is 849. The summed E-state index contributed by atoms with van der Waals surface area (Å²) in [4.78, 5) is 0. The number of nitrogens with one attached hydrogen (secondary N) is 1. The van der Waals surface area contributed by atoms with Crippen LogP contribution in [0.2, 0.25) is 15.1 Å². The molecular weight excluding hydrogens is 377 g/mol. The monoisotopic (exact) mass is 393 g/mol. The van der Waals surface area contributed by atoms with E-state index >= 15 is 0 Å². The predicted octanol–water partition coefficient (Wildman–Crippen LogP) is 6.87. The van der Waals surface area contributed by atoms with Crippen LogP contribution in [0.4, 0.5) is 5.69 Å². The molecule has 1 N–H and O–H groups in total. The van der Waals surface area contributed by atoms with Gasteiger partial charge in [0.1, 0.15) is 5.75 Å². The summed E-state index contributed by atoms with van der Waals surface area (Å²) in [5, 5.41) is 5.31. The highest BCUT2D eigenvalue weighted by molar-refractivity contribution is 6.44. The van der Waals surface area contributed by atoms with E-state index in [-0.39, 0.29) is 12.0 Å². The van der Waals surface area contributed by atoms with Gasteiger partial charge in [-0.15, -0.1) is 0 Å². The zero-order valence-electron chi connectivity index (χ0n) is 13.7. The Labute approximate surface area is 162 Å². The van der Waals surface area contributed by atoms with Gasteiger partial charge in [-0.1, -0.05) is 65.2 Å². The standard InChI is InChI=1S/C20H18Cl3NO/c1-2-25-16-9-4-3-6-13(16)19-12-8-5-7-11(12)17-18(23)14(21)10-15(22)20(17)24-19/h3-7,9-12,19,24H,2,8H2,1H3. The lowest BCUT2D eigenvalue weighted by atomic mass is 9.76. The van der Waals surface area contributed by atoms with Gasteiger partial charge in [0.05, 0.1) is 33.4 Å².